The van der Waals surface area contributed by atoms with Gasteiger partial charge in [-0.15, -0.1) is 0 Å². The summed E-state index contributed by atoms with van der Waals surface area (Å²) < 4.78 is 17.3. The summed E-state index contributed by atoms with van der Waals surface area (Å²) in [6.45, 7) is 4.42. The molecule has 1 saturated heterocycles. The highest BCUT2D eigenvalue weighted by molar-refractivity contribution is 6.03. The summed E-state index contributed by atoms with van der Waals surface area (Å²) in [4.78, 5) is 21.7. The molecule has 9 nitrogen and oxygen atoms in total. The van der Waals surface area contributed by atoms with Crippen molar-refractivity contribution >= 4 is 17.4 Å². The summed E-state index contributed by atoms with van der Waals surface area (Å²) >= 11 is 0. The van der Waals surface area contributed by atoms with Gasteiger partial charge < -0.3 is 29.5 Å². The monoisotopic (exact) mass is 532 g/mol. The van der Waals surface area contributed by atoms with Crippen LogP contribution in [-0.4, -0.2) is 74.0 Å². The molecule has 0 bridgehead atoms. The molecule has 3 aromatic rings. The summed E-state index contributed by atoms with van der Waals surface area (Å²) in [5.74, 6) is 1.96. The van der Waals surface area contributed by atoms with Crippen LogP contribution >= 0.6 is 0 Å². The summed E-state index contributed by atoms with van der Waals surface area (Å²) in [6, 6.07) is 15.1. The van der Waals surface area contributed by atoms with Crippen molar-refractivity contribution in [1.29, 1.82) is 0 Å². The maximum atomic E-state index is 12.9. The van der Waals surface area contributed by atoms with Crippen molar-refractivity contribution < 1.29 is 24.1 Å². The van der Waals surface area contributed by atoms with Crippen LogP contribution in [0.15, 0.2) is 54.7 Å². The maximum absolute atomic E-state index is 12.9. The molecule has 0 unspecified atom stereocenters. The Hall–Kier alpha value is -3.66. The number of piperidine rings is 1. The lowest BCUT2D eigenvalue weighted by molar-refractivity contribution is 0.0792. The van der Waals surface area contributed by atoms with E-state index in [4.69, 9.17) is 14.2 Å². The standard InChI is InChI=1S/C30H36N4O5/c1-33-12-8-23-17-28(27(19-26(23)33)38-16-15-37-2)39-25-7-11-31-29(18-25)32-30(36)22-5-3-21(4-6-22)20-34-13-9-24(35)10-14-34/h3-7,11,17-19,24,35H,8-10,12-16,20H2,1-2H3,(H,31,32,36). The zero-order chi connectivity index (χ0) is 27.2. The molecule has 2 aromatic carbocycles. The lowest BCUT2D eigenvalue weighted by atomic mass is 10.1. The van der Waals surface area contributed by atoms with E-state index in [1.54, 1.807) is 25.4 Å². The van der Waals surface area contributed by atoms with Crippen LogP contribution in [-0.2, 0) is 17.7 Å². The number of anilines is 2. The average molecular weight is 533 g/mol. The molecule has 2 aliphatic heterocycles. The Labute approximate surface area is 229 Å². The molecule has 0 aliphatic carbocycles. The first-order chi connectivity index (χ1) is 19.0. The van der Waals surface area contributed by atoms with Gasteiger partial charge in [0.25, 0.3) is 5.91 Å². The van der Waals surface area contributed by atoms with E-state index >= 15 is 0 Å². The molecule has 1 amide bonds. The van der Waals surface area contributed by atoms with E-state index in [1.165, 1.54) is 5.56 Å². The molecular formula is C30H36N4O5. The normalized spacial score (nSPS) is 15.7. The van der Waals surface area contributed by atoms with E-state index < -0.39 is 0 Å². The first-order valence-corrected chi connectivity index (χ1v) is 13.4. The average Bonchev–Trinajstić information content (AvgIpc) is 3.30. The number of aromatic nitrogens is 1. The molecule has 0 spiro atoms. The van der Waals surface area contributed by atoms with Crippen molar-refractivity contribution in [3.8, 4) is 17.2 Å². The van der Waals surface area contributed by atoms with Gasteiger partial charge in [-0.3, -0.25) is 9.69 Å². The third kappa shape index (κ3) is 6.86. The number of likely N-dealkylation sites (tertiary alicyclic amines) is 1. The van der Waals surface area contributed by atoms with Gasteiger partial charge in [-0.05, 0) is 54.7 Å². The number of amides is 1. The van der Waals surface area contributed by atoms with Gasteiger partial charge in [-0.2, -0.15) is 0 Å². The van der Waals surface area contributed by atoms with E-state index in [0.29, 0.717) is 41.8 Å². The highest BCUT2D eigenvalue weighted by atomic mass is 16.5. The smallest absolute Gasteiger partial charge is 0.256 e. The number of carbonyl (C=O) groups is 1. The summed E-state index contributed by atoms with van der Waals surface area (Å²) in [5.41, 5.74) is 4.03. The molecule has 0 atom stereocenters. The van der Waals surface area contributed by atoms with Crippen molar-refractivity contribution in [1.82, 2.24) is 9.88 Å². The number of benzene rings is 2. The van der Waals surface area contributed by atoms with Crippen molar-refractivity contribution in [2.75, 3.05) is 57.2 Å². The van der Waals surface area contributed by atoms with Crippen LogP contribution in [0, 0.1) is 0 Å². The topological polar surface area (TPSA) is 96.4 Å². The fourth-order valence-electron chi connectivity index (χ4n) is 4.94. The van der Waals surface area contributed by atoms with Crippen LogP contribution in [0.1, 0.15) is 34.3 Å². The Balaban J connectivity index is 1.24. The van der Waals surface area contributed by atoms with Crippen molar-refractivity contribution in [2.24, 2.45) is 0 Å². The lowest BCUT2D eigenvalue weighted by Gasteiger charge is -2.29. The fraction of sp³-hybridized carbons (Fsp3) is 0.400. The van der Waals surface area contributed by atoms with Crippen molar-refractivity contribution in [3.05, 3.63) is 71.4 Å². The number of ether oxygens (including phenoxy) is 3. The van der Waals surface area contributed by atoms with Gasteiger partial charge in [0.2, 0.25) is 0 Å². The molecule has 39 heavy (non-hydrogen) atoms. The van der Waals surface area contributed by atoms with E-state index in [-0.39, 0.29) is 12.0 Å². The van der Waals surface area contributed by atoms with Gasteiger partial charge >= 0.3 is 0 Å². The minimum atomic E-state index is -0.239. The largest absolute Gasteiger partial charge is 0.487 e. The van der Waals surface area contributed by atoms with Gasteiger partial charge in [0.1, 0.15) is 18.2 Å². The van der Waals surface area contributed by atoms with Gasteiger partial charge in [0, 0.05) is 69.9 Å². The van der Waals surface area contributed by atoms with Gasteiger partial charge in [-0.1, -0.05) is 12.1 Å². The minimum absolute atomic E-state index is 0.184. The number of hydrogen-bond donors (Lipinski definition) is 2. The molecule has 206 valence electrons. The van der Waals surface area contributed by atoms with Gasteiger partial charge in [0.15, 0.2) is 11.5 Å². The number of nitrogens with one attached hydrogen (secondary N) is 1. The zero-order valence-corrected chi connectivity index (χ0v) is 22.6. The van der Waals surface area contributed by atoms with Gasteiger partial charge in [-0.25, -0.2) is 4.98 Å². The molecule has 2 N–H and O–H groups in total. The second-order valence-electron chi connectivity index (χ2n) is 10.1. The van der Waals surface area contributed by atoms with Crippen LogP contribution in [0.2, 0.25) is 0 Å². The third-order valence-electron chi connectivity index (χ3n) is 7.20. The molecule has 3 heterocycles. The predicted molar refractivity (Wildman–Crippen MR) is 150 cm³/mol. The summed E-state index contributed by atoms with van der Waals surface area (Å²) in [7, 11) is 3.71. The molecule has 9 heteroatoms. The number of aliphatic hydroxyl groups is 1. The van der Waals surface area contributed by atoms with Crippen LogP contribution in [0.4, 0.5) is 11.5 Å². The quantitative estimate of drug-likeness (QED) is 0.377. The van der Waals surface area contributed by atoms with Crippen LogP contribution in [0.5, 0.6) is 17.2 Å². The molecule has 0 saturated carbocycles. The van der Waals surface area contributed by atoms with Crippen LogP contribution < -0.4 is 19.7 Å². The Morgan fingerprint density at radius 3 is 2.62 bits per heavy atom. The van der Waals surface area contributed by atoms with Crippen molar-refractivity contribution in [2.45, 2.75) is 31.9 Å². The minimum Gasteiger partial charge on any atom is -0.487 e. The molecule has 1 fully saturated rings. The second kappa shape index (κ2) is 12.5. The van der Waals surface area contributed by atoms with E-state index in [0.717, 1.165) is 56.7 Å². The van der Waals surface area contributed by atoms with E-state index in [1.807, 2.05) is 36.4 Å². The van der Waals surface area contributed by atoms with Crippen molar-refractivity contribution in [3.63, 3.8) is 0 Å². The molecular weight excluding hydrogens is 496 g/mol. The number of nitrogens with zero attached hydrogens (tertiary/aromatic N) is 3. The molecule has 2 aliphatic rings. The predicted octanol–water partition coefficient (Wildman–Crippen LogP) is 4.10. The molecule has 5 rings (SSSR count). The Bertz CT molecular complexity index is 1270. The first-order valence-electron chi connectivity index (χ1n) is 13.4. The molecule has 1 aromatic heterocycles. The number of pyridine rings is 1. The lowest BCUT2D eigenvalue weighted by Crippen LogP contribution is -2.35. The number of likely N-dealkylation sites (N-methyl/N-ethyl adjacent to an activating group) is 1. The number of carbonyl (C=O) groups excluding carboxylic acids is 1. The number of rotatable bonds is 10. The second-order valence-corrected chi connectivity index (χ2v) is 10.1. The Morgan fingerprint density at radius 2 is 1.85 bits per heavy atom. The molecule has 0 radical (unpaired) electrons. The number of hydrogen-bond acceptors (Lipinski definition) is 8. The third-order valence-corrected chi connectivity index (χ3v) is 7.20. The first kappa shape index (κ1) is 26.9. The SMILES string of the molecule is COCCOc1cc2c(cc1Oc1ccnc(NC(=O)c3ccc(CN4CCC(O)CC4)cc3)c1)CCN2C. The van der Waals surface area contributed by atoms with E-state index in [2.05, 4.69) is 27.1 Å². The highest BCUT2D eigenvalue weighted by Gasteiger charge is 2.21. The highest BCUT2D eigenvalue weighted by Crippen LogP contribution is 2.40. The zero-order valence-electron chi connectivity index (χ0n) is 22.6. The maximum Gasteiger partial charge on any atom is 0.256 e. The fourth-order valence-corrected chi connectivity index (χ4v) is 4.94. The number of fused-ring (bicyclic) bond motifs is 1. The summed E-state index contributed by atoms with van der Waals surface area (Å²) in [6.07, 6.45) is 3.98. The number of aliphatic hydroxyl groups excluding tert-OH is 1. The number of methoxy groups -OCH3 is 1. The summed E-state index contributed by atoms with van der Waals surface area (Å²) in [5, 5.41) is 12.6. The van der Waals surface area contributed by atoms with Crippen LogP contribution in [0.3, 0.4) is 0 Å². The van der Waals surface area contributed by atoms with Crippen LogP contribution in [0.25, 0.3) is 0 Å². The Morgan fingerprint density at radius 1 is 1.05 bits per heavy atom. The van der Waals surface area contributed by atoms with E-state index in [9.17, 15) is 9.90 Å². The Kier molecular flexibility index (Phi) is 8.61. The van der Waals surface area contributed by atoms with Gasteiger partial charge in [0.05, 0.1) is 12.7 Å².